The fraction of sp³-hybridized carbons (Fsp3) is 0. The van der Waals surface area contributed by atoms with Gasteiger partial charge in [-0.2, -0.15) is 0 Å². The molecule has 0 saturated carbocycles. The van der Waals surface area contributed by atoms with Crippen LogP contribution in [0.2, 0.25) is 0 Å². The summed E-state index contributed by atoms with van der Waals surface area (Å²) < 4.78 is 0. The summed E-state index contributed by atoms with van der Waals surface area (Å²) in [7, 11) is 3.51. The standard InChI is InChI=1S/C20H15Si/c21-20-14-12-19(13-15-20)18-10-8-17(9-11-18)7-6-16-4-2-1-3-5-16/h1-15H/b7-6+. The van der Waals surface area contributed by atoms with Gasteiger partial charge in [0.25, 0.3) is 0 Å². The van der Waals surface area contributed by atoms with Crippen molar-refractivity contribution in [2.24, 2.45) is 0 Å². The average Bonchev–Trinajstić information content (AvgIpc) is 2.55. The molecule has 3 aromatic rings. The van der Waals surface area contributed by atoms with Crippen LogP contribution in [0.4, 0.5) is 0 Å². The Morgan fingerprint density at radius 2 is 1.00 bits per heavy atom. The average molecular weight is 283 g/mol. The van der Waals surface area contributed by atoms with E-state index in [0.717, 1.165) is 5.19 Å². The fourth-order valence-electron chi connectivity index (χ4n) is 2.21. The van der Waals surface area contributed by atoms with Gasteiger partial charge in [-0.05, 0) is 22.3 Å². The normalized spacial score (nSPS) is 10.9. The Morgan fingerprint density at radius 3 is 1.57 bits per heavy atom. The van der Waals surface area contributed by atoms with Crippen LogP contribution in [0.3, 0.4) is 0 Å². The second-order valence-corrected chi connectivity index (χ2v) is 5.52. The van der Waals surface area contributed by atoms with Crippen LogP contribution in [0, 0.1) is 0 Å². The van der Waals surface area contributed by atoms with E-state index in [1.807, 2.05) is 6.07 Å². The van der Waals surface area contributed by atoms with Crippen LogP contribution < -0.4 is 5.19 Å². The zero-order valence-electron chi connectivity index (χ0n) is 11.7. The highest BCUT2D eigenvalue weighted by atomic mass is 28.1. The maximum atomic E-state index is 3.51. The van der Waals surface area contributed by atoms with E-state index in [9.17, 15) is 0 Å². The van der Waals surface area contributed by atoms with Crippen molar-refractivity contribution < 1.29 is 0 Å². The van der Waals surface area contributed by atoms with Crippen LogP contribution >= 0.6 is 0 Å². The van der Waals surface area contributed by atoms with E-state index < -0.39 is 0 Å². The van der Waals surface area contributed by atoms with Crippen LogP contribution in [0.15, 0.2) is 78.9 Å². The first-order chi connectivity index (χ1) is 10.3. The van der Waals surface area contributed by atoms with E-state index in [4.69, 9.17) is 0 Å². The van der Waals surface area contributed by atoms with Gasteiger partial charge >= 0.3 is 0 Å². The lowest BCUT2D eigenvalue weighted by molar-refractivity contribution is 1.61. The Hall–Kier alpha value is -2.38. The summed E-state index contributed by atoms with van der Waals surface area (Å²) in [5.74, 6) is 0. The highest BCUT2D eigenvalue weighted by molar-refractivity contribution is 6.32. The molecule has 0 bridgehead atoms. The zero-order chi connectivity index (χ0) is 14.5. The molecule has 21 heavy (non-hydrogen) atoms. The van der Waals surface area contributed by atoms with Crippen LogP contribution in [0.1, 0.15) is 11.1 Å². The number of hydrogen-bond acceptors (Lipinski definition) is 0. The molecule has 1 heteroatoms. The van der Waals surface area contributed by atoms with Crippen molar-refractivity contribution in [3.05, 3.63) is 90.0 Å². The van der Waals surface area contributed by atoms with Gasteiger partial charge in [-0.3, -0.25) is 0 Å². The molecule has 0 nitrogen and oxygen atoms in total. The molecule has 3 rings (SSSR count). The molecular weight excluding hydrogens is 268 g/mol. The third-order valence-corrected chi connectivity index (χ3v) is 3.73. The van der Waals surface area contributed by atoms with Crippen molar-refractivity contribution in [2.45, 2.75) is 0 Å². The lowest BCUT2D eigenvalue weighted by atomic mass is 10.0. The van der Waals surface area contributed by atoms with E-state index in [2.05, 4.69) is 95.2 Å². The van der Waals surface area contributed by atoms with Crippen LogP contribution in [-0.2, 0) is 0 Å². The third kappa shape index (κ3) is 3.59. The number of benzene rings is 3. The minimum absolute atomic E-state index is 1.10. The molecule has 3 radical (unpaired) electrons. The second-order valence-electron chi connectivity index (χ2n) is 4.94. The van der Waals surface area contributed by atoms with Crippen molar-refractivity contribution >= 4 is 27.6 Å². The first-order valence-corrected chi connectivity index (χ1v) is 7.46. The van der Waals surface area contributed by atoms with E-state index in [0.29, 0.717) is 0 Å². The van der Waals surface area contributed by atoms with E-state index in [1.165, 1.54) is 22.3 Å². The van der Waals surface area contributed by atoms with Crippen LogP contribution in [-0.4, -0.2) is 10.2 Å². The van der Waals surface area contributed by atoms with Crippen molar-refractivity contribution in [3.63, 3.8) is 0 Å². The summed E-state index contributed by atoms with van der Waals surface area (Å²) in [5.41, 5.74) is 4.89. The topological polar surface area (TPSA) is 0 Å². The van der Waals surface area contributed by atoms with Gasteiger partial charge in [0.05, 0.1) is 10.2 Å². The predicted octanol–water partition coefficient (Wildman–Crippen LogP) is 4.32. The van der Waals surface area contributed by atoms with E-state index >= 15 is 0 Å². The van der Waals surface area contributed by atoms with Gasteiger partial charge in [-0.15, -0.1) is 0 Å². The van der Waals surface area contributed by atoms with E-state index in [-0.39, 0.29) is 0 Å². The maximum Gasteiger partial charge on any atom is 0.0711 e. The quantitative estimate of drug-likeness (QED) is 0.496. The molecule has 0 aliphatic heterocycles. The molecule has 99 valence electrons. The van der Waals surface area contributed by atoms with Crippen LogP contribution in [0.25, 0.3) is 23.3 Å². The number of hydrogen-bond donors (Lipinski definition) is 0. The van der Waals surface area contributed by atoms with Gasteiger partial charge in [-0.1, -0.05) is 96.2 Å². The molecule has 0 spiro atoms. The first-order valence-electron chi connectivity index (χ1n) is 6.96. The van der Waals surface area contributed by atoms with Crippen molar-refractivity contribution in [1.82, 2.24) is 0 Å². The SMILES string of the molecule is [Si]c1ccc(-c2ccc(/C=C/c3ccccc3)cc2)cc1. The molecule has 0 aromatic heterocycles. The Bertz CT molecular complexity index is 723. The summed E-state index contributed by atoms with van der Waals surface area (Å²) in [6.45, 7) is 0. The minimum Gasteiger partial charge on any atom is -0.0673 e. The summed E-state index contributed by atoms with van der Waals surface area (Å²) in [5, 5.41) is 1.10. The second kappa shape index (κ2) is 6.38. The Balaban J connectivity index is 1.78. The van der Waals surface area contributed by atoms with Gasteiger partial charge in [0, 0.05) is 0 Å². The molecule has 0 aliphatic carbocycles. The highest BCUT2D eigenvalue weighted by Gasteiger charge is 1.96. The largest absolute Gasteiger partial charge is 0.0711 e. The number of rotatable bonds is 3. The molecule has 3 aromatic carbocycles. The van der Waals surface area contributed by atoms with Gasteiger partial charge in [0.1, 0.15) is 0 Å². The Morgan fingerprint density at radius 1 is 0.524 bits per heavy atom. The molecule has 0 aliphatic rings. The van der Waals surface area contributed by atoms with Crippen LogP contribution in [0.5, 0.6) is 0 Å². The van der Waals surface area contributed by atoms with Gasteiger partial charge in [0.2, 0.25) is 0 Å². The Labute approximate surface area is 129 Å². The lowest BCUT2D eigenvalue weighted by Gasteiger charge is -2.03. The minimum atomic E-state index is 1.10. The first kappa shape index (κ1) is 13.6. The van der Waals surface area contributed by atoms with E-state index in [1.54, 1.807) is 0 Å². The third-order valence-electron chi connectivity index (χ3n) is 3.40. The molecule has 0 N–H and O–H groups in total. The smallest absolute Gasteiger partial charge is 0.0673 e. The fourth-order valence-corrected chi connectivity index (χ4v) is 2.37. The molecule has 0 saturated heterocycles. The monoisotopic (exact) mass is 283 g/mol. The molecule has 0 amide bonds. The predicted molar refractivity (Wildman–Crippen MR) is 92.6 cm³/mol. The molecule has 0 fully saturated rings. The van der Waals surface area contributed by atoms with Gasteiger partial charge in [0.15, 0.2) is 0 Å². The molecule has 0 unspecified atom stereocenters. The highest BCUT2D eigenvalue weighted by Crippen LogP contribution is 2.19. The Kier molecular flexibility index (Phi) is 4.13. The zero-order valence-corrected chi connectivity index (χ0v) is 12.7. The van der Waals surface area contributed by atoms with Crippen molar-refractivity contribution in [3.8, 4) is 11.1 Å². The van der Waals surface area contributed by atoms with Gasteiger partial charge in [-0.25, -0.2) is 0 Å². The summed E-state index contributed by atoms with van der Waals surface area (Å²) >= 11 is 0. The van der Waals surface area contributed by atoms with Crippen molar-refractivity contribution in [1.29, 1.82) is 0 Å². The summed E-state index contributed by atoms with van der Waals surface area (Å²) in [4.78, 5) is 0. The molecule has 0 heterocycles. The maximum absolute atomic E-state index is 3.51. The summed E-state index contributed by atoms with van der Waals surface area (Å²) in [6.07, 6.45) is 4.27. The summed E-state index contributed by atoms with van der Waals surface area (Å²) in [6, 6.07) is 27.3. The van der Waals surface area contributed by atoms with Crippen molar-refractivity contribution in [2.75, 3.05) is 0 Å². The molecule has 0 atom stereocenters. The molecular formula is C20H15Si. The lowest BCUT2D eigenvalue weighted by Crippen LogP contribution is -1.99. The van der Waals surface area contributed by atoms with Gasteiger partial charge < -0.3 is 0 Å².